The number of hydrogen-bond acceptors (Lipinski definition) is 5. The molecule has 2 unspecified atom stereocenters. The molecule has 1 fully saturated rings. The second kappa shape index (κ2) is 6.36. The van der Waals surface area contributed by atoms with E-state index in [1.807, 2.05) is 7.05 Å². The van der Waals surface area contributed by atoms with E-state index >= 15 is 0 Å². The molecule has 6 heteroatoms. The molecule has 1 aromatic rings. The monoisotopic (exact) mass is 284 g/mol. The third kappa shape index (κ3) is 3.68. The molecule has 0 saturated carbocycles. The first-order valence-corrected chi connectivity index (χ1v) is 7.54. The van der Waals surface area contributed by atoms with Crippen LogP contribution in [-0.2, 0) is 15.5 Å². The molecule has 1 aliphatic heterocycles. The van der Waals surface area contributed by atoms with Gasteiger partial charge in [0.15, 0.2) is 0 Å². The van der Waals surface area contributed by atoms with Gasteiger partial charge < -0.3 is 20.1 Å². The number of morpholine rings is 1. The van der Waals surface area contributed by atoms with Gasteiger partial charge in [-0.3, -0.25) is 4.21 Å². The number of nitrogens with zero attached hydrogens (tertiary/aromatic N) is 1. The zero-order valence-corrected chi connectivity index (χ0v) is 12.1. The van der Waals surface area contributed by atoms with Gasteiger partial charge in [0.2, 0.25) is 0 Å². The Bertz CT molecular complexity index is 467. The van der Waals surface area contributed by atoms with Crippen LogP contribution in [0.1, 0.15) is 0 Å². The average Bonchev–Trinajstić information content (AvgIpc) is 2.38. The summed E-state index contributed by atoms with van der Waals surface area (Å²) in [4.78, 5) is 2.86. The summed E-state index contributed by atoms with van der Waals surface area (Å²) >= 11 is 0. The second-order valence-corrected chi connectivity index (χ2v) is 6.14. The third-order valence-electron chi connectivity index (χ3n) is 3.11. The Morgan fingerprint density at radius 2 is 2.37 bits per heavy atom. The summed E-state index contributed by atoms with van der Waals surface area (Å²) in [5.74, 6) is 1.05. The Labute approximate surface area is 116 Å². The van der Waals surface area contributed by atoms with E-state index in [0.717, 1.165) is 13.1 Å². The van der Waals surface area contributed by atoms with Gasteiger partial charge in [-0.15, -0.1) is 0 Å². The highest BCUT2D eigenvalue weighted by molar-refractivity contribution is 7.85. The second-order valence-electron chi connectivity index (χ2n) is 4.68. The predicted octanol–water partition coefficient (Wildman–Crippen LogP) is 0.716. The Kier molecular flexibility index (Phi) is 4.79. The zero-order valence-electron chi connectivity index (χ0n) is 11.3. The minimum absolute atomic E-state index is 0.00171. The Morgan fingerprint density at radius 1 is 1.58 bits per heavy atom. The van der Waals surface area contributed by atoms with Gasteiger partial charge in [-0.25, -0.2) is 0 Å². The van der Waals surface area contributed by atoms with Crippen LogP contribution in [-0.4, -0.2) is 54.8 Å². The first kappa shape index (κ1) is 14.3. The average molecular weight is 284 g/mol. The van der Waals surface area contributed by atoms with Gasteiger partial charge in [0.25, 0.3) is 0 Å². The molecule has 1 heterocycles. The summed E-state index contributed by atoms with van der Waals surface area (Å²) in [5.41, 5.74) is 6.30. The number of ether oxygens (including phenoxy) is 2. The molecule has 1 aliphatic rings. The van der Waals surface area contributed by atoms with Crippen molar-refractivity contribution < 1.29 is 13.7 Å². The van der Waals surface area contributed by atoms with Crippen molar-refractivity contribution in [2.75, 3.05) is 45.3 Å². The van der Waals surface area contributed by atoms with Crippen molar-refractivity contribution in [3.63, 3.8) is 0 Å². The Balaban J connectivity index is 2.07. The lowest BCUT2D eigenvalue weighted by Crippen LogP contribution is -2.42. The SMILES string of the molecule is COc1cc(N)ccc1S(=O)CC1CN(C)CCO1. The van der Waals surface area contributed by atoms with E-state index in [4.69, 9.17) is 15.2 Å². The Hall–Kier alpha value is -1.11. The highest BCUT2D eigenvalue weighted by Gasteiger charge is 2.22. The van der Waals surface area contributed by atoms with E-state index in [0.29, 0.717) is 28.7 Å². The summed E-state index contributed by atoms with van der Waals surface area (Å²) in [6.07, 6.45) is 0.00171. The Morgan fingerprint density at radius 3 is 3.05 bits per heavy atom. The van der Waals surface area contributed by atoms with Crippen LogP contribution in [0.25, 0.3) is 0 Å². The topological polar surface area (TPSA) is 64.8 Å². The van der Waals surface area contributed by atoms with Gasteiger partial charge in [-0.05, 0) is 19.2 Å². The van der Waals surface area contributed by atoms with Crippen LogP contribution < -0.4 is 10.5 Å². The number of rotatable bonds is 4. The van der Waals surface area contributed by atoms with E-state index in [1.165, 1.54) is 0 Å². The molecule has 0 amide bonds. The van der Waals surface area contributed by atoms with Crippen LogP contribution in [0.5, 0.6) is 5.75 Å². The lowest BCUT2D eigenvalue weighted by Gasteiger charge is -2.29. The number of hydrogen-bond donors (Lipinski definition) is 1. The van der Waals surface area contributed by atoms with E-state index in [-0.39, 0.29) is 6.10 Å². The lowest BCUT2D eigenvalue weighted by molar-refractivity contribution is -0.00641. The molecule has 0 bridgehead atoms. The molecule has 0 aromatic heterocycles. The first-order valence-electron chi connectivity index (χ1n) is 6.22. The van der Waals surface area contributed by atoms with Crippen LogP contribution in [0.2, 0.25) is 0 Å². The van der Waals surface area contributed by atoms with E-state index in [9.17, 15) is 4.21 Å². The summed E-state index contributed by atoms with van der Waals surface area (Å²) in [6, 6.07) is 5.20. The van der Waals surface area contributed by atoms with Gasteiger partial charge >= 0.3 is 0 Å². The maximum absolute atomic E-state index is 12.4. The number of likely N-dealkylation sites (N-methyl/N-ethyl adjacent to an activating group) is 1. The van der Waals surface area contributed by atoms with Gasteiger partial charge in [0, 0.05) is 24.8 Å². The van der Waals surface area contributed by atoms with Crippen molar-refractivity contribution in [2.45, 2.75) is 11.0 Å². The molecule has 2 atom stereocenters. The minimum Gasteiger partial charge on any atom is -0.495 e. The highest BCUT2D eigenvalue weighted by Crippen LogP contribution is 2.25. The maximum Gasteiger partial charge on any atom is 0.137 e. The zero-order chi connectivity index (χ0) is 13.8. The van der Waals surface area contributed by atoms with Gasteiger partial charge in [0.1, 0.15) is 5.75 Å². The van der Waals surface area contributed by atoms with E-state index in [1.54, 1.807) is 25.3 Å². The van der Waals surface area contributed by atoms with Gasteiger partial charge in [0.05, 0.1) is 41.3 Å². The fourth-order valence-corrected chi connectivity index (χ4v) is 3.40. The molecule has 1 aromatic carbocycles. The van der Waals surface area contributed by atoms with Crippen molar-refractivity contribution in [1.82, 2.24) is 4.90 Å². The molecule has 19 heavy (non-hydrogen) atoms. The quantitative estimate of drug-likeness (QED) is 0.825. The minimum atomic E-state index is -1.15. The molecule has 1 saturated heterocycles. The number of nitrogens with two attached hydrogens (primary N) is 1. The molecule has 0 spiro atoms. The number of methoxy groups -OCH3 is 1. The predicted molar refractivity (Wildman–Crippen MR) is 75.9 cm³/mol. The molecule has 2 N–H and O–H groups in total. The normalized spacial score (nSPS) is 22.1. The lowest BCUT2D eigenvalue weighted by atomic mass is 10.3. The smallest absolute Gasteiger partial charge is 0.137 e. The molecule has 106 valence electrons. The largest absolute Gasteiger partial charge is 0.495 e. The molecule has 0 radical (unpaired) electrons. The van der Waals surface area contributed by atoms with E-state index < -0.39 is 10.8 Å². The van der Waals surface area contributed by atoms with E-state index in [2.05, 4.69) is 4.90 Å². The van der Waals surface area contributed by atoms with Crippen LogP contribution in [0.15, 0.2) is 23.1 Å². The van der Waals surface area contributed by atoms with Crippen LogP contribution in [0, 0.1) is 0 Å². The third-order valence-corrected chi connectivity index (χ3v) is 4.61. The number of anilines is 1. The van der Waals surface area contributed by atoms with Gasteiger partial charge in [-0.1, -0.05) is 0 Å². The van der Waals surface area contributed by atoms with Crippen molar-refractivity contribution in [3.05, 3.63) is 18.2 Å². The molecule has 2 rings (SSSR count). The van der Waals surface area contributed by atoms with Crippen molar-refractivity contribution in [2.24, 2.45) is 0 Å². The highest BCUT2D eigenvalue weighted by atomic mass is 32.2. The fraction of sp³-hybridized carbons (Fsp3) is 0.538. The van der Waals surface area contributed by atoms with Crippen molar-refractivity contribution >= 4 is 16.5 Å². The summed E-state index contributed by atoms with van der Waals surface area (Å²) in [5, 5.41) is 0. The standard InChI is InChI=1S/C13H20N2O3S/c1-15-5-6-18-11(8-15)9-19(16)13-4-3-10(14)7-12(13)17-2/h3-4,7,11H,5-6,8-9,14H2,1-2H3. The summed E-state index contributed by atoms with van der Waals surface area (Å²) in [6.45, 7) is 2.43. The van der Waals surface area contributed by atoms with Crippen molar-refractivity contribution in [3.8, 4) is 5.75 Å². The fourth-order valence-electron chi connectivity index (χ4n) is 2.10. The summed E-state index contributed by atoms with van der Waals surface area (Å²) in [7, 11) is 2.45. The van der Waals surface area contributed by atoms with Crippen LogP contribution in [0.4, 0.5) is 5.69 Å². The molecule has 5 nitrogen and oxygen atoms in total. The first-order chi connectivity index (χ1) is 9.10. The number of nitrogen functional groups attached to an aromatic ring is 1. The summed E-state index contributed by atoms with van der Waals surface area (Å²) < 4.78 is 23.3. The molecular formula is C13H20N2O3S. The molecular weight excluding hydrogens is 264 g/mol. The molecule has 0 aliphatic carbocycles. The maximum atomic E-state index is 12.4. The number of benzene rings is 1. The van der Waals surface area contributed by atoms with Crippen LogP contribution >= 0.6 is 0 Å². The van der Waals surface area contributed by atoms with Crippen LogP contribution in [0.3, 0.4) is 0 Å². The van der Waals surface area contributed by atoms with Crippen molar-refractivity contribution in [1.29, 1.82) is 0 Å². The van der Waals surface area contributed by atoms with Gasteiger partial charge in [-0.2, -0.15) is 0 Å².